The Bertz CT molecular complexity index is 620. The molecule has 4 heteroatoms. The summed E-state index contributed by atoms with van der Waals surface area (Å²) in [6.45, 7) is 2.91. The maximum absolute atomic E-state index is 12.1. The summed E-state index contributed by atoms with van der Waals surface area (Å²) in [5.74, 6) is 0.849. The van der Waals surface area contributed by atoms with Gasteiger partial charge in [0.15, 0.2) is 0 Å². The van der Waals surface area contributed by atoms with Crippen LogP contribution >= 0.6 is 0 Å². The van der Waals surface area contributed by atoms with Crippen LogP contribution in [0.5, 0.6) is 11.5 Å². The Hall–Kier alpha value is -2.49. The minimum absolute atomic E-state index is 0.397. The zero-order valence-electron chi connectivity index (χ0n) is 14.2. The van der Waals surface area contributed by atoms with Gasteiger partial charge in [0, 0.05) is 5.69 Å². The zero-order valence-corrected chi connectivity index (χ0v) is 14.2. The third-order valence-corrected chi connectivity index (χ3v) is 3.70. The molecular formula is C20H25NO3. The van der Waals surface area contributed by atoms with Crippen LogP contribution in [0.3, 0.4) is 0 Å². The number of nitrogens with two attached hydrogens (primary N) is 1. The average Bonchev–Trinajstić information content (AvgIpc) is 2.60. The van der Waals surface area contributed by atoms with E-state index in [1.165, 1.54) is 25.7 Å². The second-order valence-corrected chi connectivity index (χ2v) is 5.75. The van der Waals surface area contributed by atoms with E-state index in [0.29, 0.717) is 23.6 Å². The molecule has 2 rings (SSSR count). The molecule has 24 heavy (non-hydrogen) atoms. The van der Waals surface area contributed by atoms with Gasteiger partial charge in [-0.1, -0.05) is 32.6 Å². The Balaban J connectivity index is 1.78. The molecule has 0 unspecified atom stereocenters. The summed E-state index contributed by atoms with van der Waals surface area (Å²) in [5.41, 5.74) is 6.72. The second-order valence-electron chi connectivity index (χ2n) is 5.75. The first-order valence-corrected chi connectivity index (χ1v) is 8.49. The normalized spacial score (nSPS) is 10.4. The lowest BCUT2D eigenvalue weighted by Crippen LogP contribution is -2.08. The number of ether oxygens (including phenoxy) is 2. The number of anilines is 1. The molecule has 0 saturated carbocycles. The molecule has 4 nitrogen and oxygen atoms in total. The molecule has 2 N–H and O–H groups in total. The molecule has 2 aromatic rings. The highest BCUT2D eigenvalue weighted by Crippen LogP contribution is 2.17. The van der Waals surface area contributed by atoms with E-state index < -0.39 is 5.97 Å². The van der Waals surface area contributed by atoms with Crippen LogP contribution in [0.4, 0.5) is 5.69 Å². The van der Waals surface area contributed by atoms with Crippen molar-refractivity contribution in [2.45, 2.75) is 39.0 Å². The quantitative estimate of drug-likeness (QED) is 0.310. The summed E-state index contributed by atoms with van der Waals surface area (Å²) in [5, 5.41) is 0. The molecule has 128 valence electrons. The van der Waals surface area contributed by atoms with Crippen molar-refractivity contribution in [3.05, 3.63) is 54.1 Å². The Labute approximate surface area is 143 Å². The van der Waals surface area contributed by atoms with Gasteiger partial charge in [-0.25, -0.2) is 4.79 Å². The van der Waals surface area contributed by atoms with Crippen LogP contribution in [0.2, 0.25) is 0 Å². The van der Waals surface area contributed by atoms with E-state index in [1.807, 2.05) is 0 Å². The fraction of sp³-hybridized carbons (Fsp3) is 0.350. The summed E-state index contributed by atoms with van der Waals surface area (Å²) in [4.78, 5) is 12.1. The number of rotatable bonds is 9. The SMILES string of the molecule is CCCCCCCOc1ccc(C(=O)Oc2ccc(N)cc2)cc1. The Kier molecular flexibility index (Phi) is 7.15. The highest BCUT2D eigenvalue weighted by Gasteiger charge is 2.08. The molecule has 0 aromatic heterocycles. The zero-order chi connectivity index (χ0) is 17.2. The summed E-state index contributed by atoms with van der Waals surface area (Å²) < 4.78 is 11.0. The minimum atomic E-state index is -0.397. The summed E-state index contributed by atoms with van der Waals surface area (Å²) in [6.07, 6.45) is 6.04. The van der Waals surface area contributed by atoms with Gasteiger partial charge >= 0.3 is 5.97 Å². The van der Waals surface area contributed by atoms with Crippen molar-refractivity contribution in [1.82, 2.24) is 0 Å². The van der Waals surface area contributed by atoms with Crippen molar-refractivity contribution in [2.75, 3.05) is 12.3 Å². The van der Waals surface area contributed by atoms with E-state index in [0.717, 1.165) is 12.2 Å². The Morgan fingerprint density at radius 2 is 1.50 bits per heavy atom. The molecule has 0 aliphatic rings. The van der Waals surface area contributed by atoms with Gasteiger partial charge in [-0.2, -0.15) is 0 Å². The molecule has 0 aliphatic heterocycles. The van der Waals surface area contributed by atoms with Gasteiger partial charge in [-0.3, -0.25) is 0 Å². The lowest BCUT2D eigenvalue weighted by atomic mass is 10.2. The minimum Gasteiger partial charge on any atom is -0.494 e. The predicted molar refractivity (Wildman–Crippen MR) is 96.5 cm³/mol. The number of nitrogen functional groups attached to an aromatic ring is 1. The molecular weight excluding hydrogens is 302 g/mol. The monoisotopic (exact) mass is 327 g/mol. The van der Waals surface area contributed by atoms with Gasteiger partial charge in [0.25, 0.3) is 0 Å². The molecule has 0 spiro atoms. The number of hydrogen-bond donors (Lipinski definition) is 1. The van der Waals surface area contributed by atoms with E-state index in [2.05, 4.69) is 6.92 Å². The van der Waals surface area contributed by atoms with Gasteiger partial charge in [0.2, 0.25) is 0 Å². The van der Waals surface area contributed by atoms with Crippen LogP contribution in [-0.2, 0) is 0 Å². The van der Waals surface area contributed by atoms with Crippen molar-refractivity contribution in [1.29, 1.82) is 0 Å². The van der Waals surface area contributed by atoms with Gasteiger partial charge in [-0.15, -0.1) is 0 Å². The number of hydrogen-bond acceptors (Lipinski definition) is 4. The standard InChI is InChI=1S/C20H25NO3/c1-2-3-4-5-6-15-23-18-11-7-16(8-12-18)20(22)24-19-13-9-17(21)10-14-19/h7-14H,2-6,15,21H2,1H3. The summed E-state index contributed by atoms with van der Waals surface area (Å²) in [6, 6.07) is 13.8. The molecule has 0 aliphatic carbocycles. The molecule has 0 amide bonds. The molecule has 0 bridgehead atoms. The van der Waals surface area contributed by atoms with Crippen LogP contribution in [0.15, 0.2) is 48.5 Å². The van der Waals surface area contributed by atoms with E-state index in [-0.39, 0.29) is 0 Å². The second kappa shape index (κ2) is 9.60. The number of esters is 1. The van der Waals surface area contributed by atoms with Crippen LogP contribution in [0.25, 0.3) is 0 Å². The maximum Gasteiger partial charge on any atom is 0.343 e. The molecule has 0 fully saturated rings. The van der Waals surface area contributed by atoms with Crippen LogP contribution in [0, 0.1) is 0 Å². The van der Waals surface area contributed by atoms with Crippen molar-refractivity contribution in [2.24, 2.45) is 0 Å². The van der Waals surface area contributed by atoms with Gasteiger partial charge < -0.3 is 15.2 Å². The predicted octanol–water partition coefficient (Wildman–Crippen LogP) is 4.84. The molecule has 0 atom stereocenters. The third-order valence-electron chi connectivity index (χ3n) is 3.70. The molecule has 0 saturated heterocycles. The van der Waals surface area contributed by atoms with Crippen LogP contribution in [-0.4, -0.2) is 12.6 Å². The first-order chi connectivity index (χ1) is 11.7. The lowest BCUT2D eigenvalue weighted by Gasteiger charge is -2.08. The van der Waals surface area contributed by atoms with Crippen LogP contribution < -0.4 is 15.2 Å². The first-order valence-electron chi connectivity index (χ1n) is 8.49. The molecule has 2 aromatic carbocycles. The van der Waals surface area contributed by atoms with Crippen molar-refractivity contribution in [3.63, 3.8) is 0 Å². The van der Waals surface area contributed by atoms with E-state index in [4.69, 9.17) is 15.2 Å². The number of carbonyl (C=O) groups excluding carboxylic acids is 1. The summed E-state index contributed by atoms with van der Waals surface area (Å²) >= 11 is 0. The van der Waals surface area contributed by atoms with Gasteiger partial charge in [-0.05, 0) is 55.0 Å². The highest BCUT2D eigenvalue weighted by molar-refractivity contribution is 5.91. The van der Waals surface area contributed by atoms with E-state index >= 15 is 0 Å². The smallest absolute Gasteiger partial charge is 0.343 e. The maximum atomic E-state index is 12.1. The van der Waals surface area contributed by atoms with E-state index in [1.54, 1.807) is 48.5 Å². The third kappa shape index (κ3) is 5.95. The molecule has 0 heterocycles. The van der Waals surface area contributed by atoms with Gasteiger partial charge in [0.1, 0.15) is 11.5 Å². The largest absolute Gasteiger partial charge is 0.494 e. The summed E-state index contributed by atoms with van der Waals surface area (Å²) in [7, 11) is 0. The van der Waals surface area contributed by atoms with Crippen molar-refractivity contribution < 1.29 is 14.3 Å². The van der Waals surface area contributed by atoms with E-state index in [9.17, 15) is 4.79 Å². The van der Waals surface area contributed by atoms with Crippen LogP contribution in [0.1, 0.15) is 49.4 Å². The number of unbranched alkanes of at least 4 members (excludes halogenated alkanes) is 4. The fourth-order valence-electron chi connectivity index (χ4n) is 2.28. The number of carbonyl (C=O) groups is 1. The average molecular weight is 327 g/mol. The van der Waals surface area contributed by atoms with Gasteiger partial charge in [0.05, 0.1) is 12.2 Å². The Morgan fingerprint density at radius 1 is 0.875 bits per heavy atom. The topological polar surface area (TPSA) is 61.5 Å². The highest BCUT2D eigenvalue weighted by atomic mass is 16.5. The van der Waals surface area contributed by atoms with Crippen molar-refractivity contribution >= 4 is 11.7 Å². The molecule has 0 radical (unpaired) electrons. The fourth-order valence-corrected chi connectivity index (χ4v) is 2.28. The first kappa shape index (κ1) is 17.9. The Morgan fingerprint density at radius 3 is 2.17 bits per heavy atom. The lowest BCUT2D eigenvalue weighted by molar-refractivity contribution is 0.0734. The number of benzene rings is 2. The van der Waals surface area contributed by atoms with Crippen molar-refractivity contribution in [3.8, 4) is 11.5 Å².